The van der Waals surface area contributed by atoms with Crippen LogP contribution in [0.1, 0.15) is 43.0 Å². The topological polar surface area (TPSA) is 64.6 Å². The van der Waals surface area contributed by atoms with Gasteiger partial charge in [-0.05, 0) is 62.1 Å². The van der Waals surface area contributed by atoms with Gasteiger partial charge in [0.15, 0.2) is 6.61 Å². The molecule has 136 valence electrons. The van der Waals surface area contributed by atoms with Crippen LogP contribution in [-0.4, -0.2) is 31.6 Å². The van der Waals surface area contributed by atoms with E-state index in [0.717, 1.165) is 11.8 Å². The maximum atomic E-state index is 12.2. The number of carbonyl (C=O) groups is 2. The lowest BCUT2D eigenvalue weighted by Crippen LogP contribution is -2.42. The molecule has 0 spiro atoms. The van der Waals surface area contributed by atoms with Crippen LogP contribution in [0.15, 0.2) is 18.2 Å². The molecule has 4 atom stereocenters. The fourth-order valence-electron chi connectivity index (χ4n) is 4.36. The van der Waals surface area contributed by atoms with Gasteiger partial charge in [0.1, 0.15) is 11.3 Å². The second-order valence-electron chi connectivity index (χ2n) is 7.12. The van der Waals surface area contributed by atoms with Crippen LogP contribution in [0, 0.1) is 17.8 Å². The smallest absolute Gasteiger partial charge is 0.342 e. The minimum Gasteiger partial charge on any atom is -0.496 e. The Kier molecular flexibility index (Phi) is 5.52. The molecular formula is C19H24ClNO4. The Morgan fingerprint density at radius 2 is 2.12 bits per heavy atom. The largest absolute Gasteiger partial charge is 0.496 e. The molecule has 0 heterocycles. The first-order valence-electron chi connectivity index (χ1n) is 8.78. The Morgan fingerprint density at radius 1 is 1.32 bits per heavy atom. The molecule has 2 saturated carbocycles. The molecule has 2 aliphatic carbocycles. The summed E-state index contributed by atoms with van der Waals surface area (Å²) in [5.41, 5.74) is 0.212. The number of fused-ring (bicyclic) bond motifs is 2. The van der Waals surface area contributed by atoms with Crippen molar-refractivity contribution in [3.63, 3.8) is 0 Å². The summed E-state index contributed by atoms with van der Waals surface area (Å²) in [5, 5.41) is 3.38. The van der Waals surface area contributed by atoms with E-state index in [4.69, 9.17) is 21.1 Å². The van der Waals surface area contributed by atoms with Gasteiger partial charge in [0.2, 0.25) is 0 Å². The van der Waals surface area contributed by atoms with E-state index in [-0.39, 0.29) is 24.1 Å². The van der Waals surface area contributed by atoms with Crippen molar-refractivity contribution in [2.45, 2.75) is 38.6 Å². The van der Waals surface area contributed by atoms with Gasteiger partial charge in [-0.2, -0.15) is 0 Å². The number of rotatable bonds is 6. The van der Waals surface area contributed by atoms with Crippen molar-refractivity contribution in [3.8, 4) is 5.75 Å². The number of benzene rings is 1. The molecular weight excluding hydrogens is 342 g/mol. The third kappa shape index (κ3) is 4.09. The molecule has 1 N–H and O–H groups in total. The summed E-state index contributed by atoms with van der Waals surface area (Å²) in [6.45, 7) is 1.74. The second-order valence-corrected chi connectivity index (χ2v) is 7.55. The molecule has 6 heteroatoms. The van der Waals surface area contributed by atoms with Crippen LogP contribution in [-0.2, 0) is 9.53 Å². The standard InChI is InChI=1S/C19H24ClNO4/c1-11(15-8-12-3-4-13(15)7-12)21-18(22)10-25-19(23)16-9-14(20)5-6-17(16)24-2/h5-6,9,11-13,15H,3-4,7-8,10H2,1-2H3,(H,21,22). The molecule has 5 nitrogen and oxygen atoms in total. The van der Waals surface area contributed by atoms with Gasteiger partial charge in [-0.15, -0.1) is 0 Å². The maximum Gasteiger partial charge on any atom is 0.342 e. The van der Waals surface area contributed by atoms with Crippen molar-refractivity contribution in [1.29, 1.82) is 0 Å². The van der Waals surface area contributed by atoms with Gasteiger partial charge >= 0.3 is 5.97 Å². The average Bonchev–Trinajstić information content (AvgIpc) is 3.23. The van der Waals surface area contributed by atoms with Crippen molar-refractivity contribution in [3.05, 3.63) is 28.8 Å². The number of amides is 1. The lowest BCUT2D eigenvalue weighted by atomic mass is 9.84. The van der Waals surface area contributed by atoms with Crippen LogP contribution in [0.5, 0.6) is 5.75 Å². The summed E-state index contributed by atoms with van der Waals surface area (Å²) in [6, 6.07) is 4.80. The third-order valence-electron chi connectivity index (χ3n) is 5.54. The lowest BCUT2D eigenvalue weighted by molar-refractivity contribution is -0.125. The minimum atomic E-state index is -0.623. The van der Waals surface area contributed by atoms with E-state index in [2.05, 4.69) is 5.32 Å². The number of hydrogen-bond acceptors (Lipinski definition) is 4. The Balaban J connectivity index is 1.50. The molecule has 3 rings (SSSR count). The van der Waals surface area contributed by atoms with E-state index >= 15 is 0 Å². The summed E-state index contributed by atoms with van der Waals surface area (Å²) in [4.78, 5) is 24.3. The molecule has 0 aromatic heterocycles. The molecule has 2 aliphatic rings. The van der Waals surface area contributed by atoms with E-state index in [9.17, 15) is 9.59 Å². The minimum absolute atomic E-state index is 0.113. The van der Waals surface area contributed by atoms with E-state index in [1.54, 1.807) is 12.1 Å². The Bertz CT molecular complexity index is 663. The number of halogens is 1. The quantitative estimate of drug-likeness (QED) is 0.784. The van der Waals surface area contributed by atoms with Crippen LogP contribution in [0.3, 0.4) is 0 Å². The van der Waals surface area contributed by atoms with E-state index in [1.165, 1.54) is 38.9 Å². The van der Waals surface area contributed by atoms with Crippen molar-refractivity contribution < 1.29 is 19.1 Å². The first-order valence-corrected chi connectivity index (χ1v) is 9.15. The average molecular weight is 366 g/mol. The van der Waals surface area contributed by atoms with Gasteiger partial charge in [-0.1, -0.05) is 18.0 Å². The molecule has 25 heavy (non-hydrogen) atoms. The van der Waals surface area contributed by atoms with Gasteiger partial charge in [0.05, 0.1) is 7.11 Å². The van der Waals surface area contributed by atoms with Crippen molar-refractivity contribution >= 4 is 23.5 Å². The monoisotopic (exact) mass is 365 g/mol. The highest BCUT2D eigenvalue weighted by molar-refractivity contribution is 6.31. The predicted octanol–water partition coefficient (Wildman–Crippen LogP) is 3.45. The van der Waals surface area contributed by atoms with Crippen LogP contribution < -0.4 is 10.1 Å². The van der Waals surface area contributed by atoms with Gasteiger partial charge in [0, 0.05) is 11.1 Å². The molecule has 1 aromatic carbocycles. The molecule has 0 saturated heterocycles. The predicted molar refractivity (Wildman–Crippen MR) is 94.8 cm³/mol. The SMILES string of the molecule is COc1ccc(Cl)cc1C(=O)OCC(=O)NC(C)C1CC2CCC1C2. The molecule has 2 bridgehead atoms. The second kappa shape index (κ2) is 7.65. The van der Waals surface area contributed by atoms with E-state index in [1.807, 2.05) is 6.92 Å². The fraction of sp³-hybridized carbons (Fsp3) is 0.579. The van der Waals surface area contributed by atoms with Gasteiger partial charge < -0.3 is 14.8 Å². The number of methoxy groups -OCH3 is 1. The van der Waals surface area contributed by atoms with E-state index < -0.39 is 5.97 Å². The number of esters is 1. The summed E-state index contributed by atoms with van der Waals surface area (Å²) in [6.07, 6.45) is 5.11. The third-order valence-corrected chi connectivity index (χ3v) is 5.77. The number of carbonyl (C=O) groups excluding carboxylic acids is 2. The molecule has 0 aliphatic heterocycles. The zero-order valence-corrected chi connectivity index (χ0v) is 15.3. The lowest BCUT2D eigenvalue weighted by Gasteiger charge is -2.28. The van der Waals surface area contributed by atoms with Gasteiger partial charge in [-0.25, -0.2) is 4.79 Å². The first kappa shape index (κ1) is 18.1. The van der Waals surface area contributed by atoms with Crippen LogP contribution in [0.4, 0.5) is 0 Å². The van der Waals surface area contributed by atoms with Crippen LogP contribution >= 0.6 is 11.6 Å². The highest BCUT2D eigenvalue weighted by Crippen LogP contribution is 2.49. The Hall–Kier alpha value is -1.75. The molecule has 1 amide bonds. The summed E-state index contributed by atoms with van der Waals surface area (Å²) in [5.74, 6) is 1.59. The van der Waals surface area contributed by atoms with Gasteiger partial charge in [0.25, 0.3) is 5.91 Å². The zero-order valence-electron chi connectivity index (χ0n) is 14.6. The number of nitrogens with one attached hydrogen (secondary N) is 1. The molecule has 1 aromatic rings. The summed E-state index contributed by atoms with van der Waals surface area (Å²) in [7, 11) is 1.46. The van der Waals surface area contributed by atoms with Gasteiger partial charge in [-0.3, -0.25) is 4.79 Å². The Morgan fingerprint density at radius 3 is 2.76 bits per heavy atom. The van der Waals surface area contributed by atoms with Crippen molar-refractivity contribution in [2.24, 2.45) is 17.8 Å². The van der Waals surface area contributed by atoms with E-state index in [0.29, 0.717) is 16.7 Å². The zero-order chi connectivity index (χ0) is 18.0. The Labute approximate surface area is 153 Å². The summed E-state index contributed by atoms with van der Waals surface area (Å²) >= 11 is 5.91. The van der Waals surface area contributed by atoms with Crippen LogP contribution in [0.25, 0.3) is 0 Å². The highest BCUT2D eigenvalue weighted by atomic mass is 35.5. The normalized spacial score (nSPS) is 25.5. The fourth-order valence-corrected chi connectivity index (χ4v) is 4.53. The highest BCUT2D eigenvalue weighted by Gasteiger charge is 2.42. The van der Waals surface area contributed by atoms with Crippen molar-refractivity contribution in [2.75, 3.05) is 13.7 Å². The molecule has 0 radical (unpaired) electrons. The number of hydrogen-bond donors (Lipinski definition) is 1. The molecule has 4 unspecified atom stereocenters. The maximum absolute atomic E-state index is 12.2. The molecule has 2 fully saturated rings. The first-order chi connectivity index (χ1) is 12.0. The number of ether oxygens (including phenoxy) is 2. The van der Waals surface area contributed by atoms with Crippen molar-refractivity contribution in [1.82, 2.24) is 5.32 Å². The van der Waals surface area contributed by atoms with Crippen LogP contribution in [0.2, 0.25) is 5.02 Å². The summed E-state index contributed by atoms with van der Waals surface area (Å²) < 4.78 is 10.3.